The number of thioether (sulfide) groups is 1. The lowest BCUT2D eigenvalue weighted by atomic mass is 10.1. The van der Waals surface area contributed by atoms with Gasteiger partial charge in [-0.25, -0.2) is 13.2 Å². The first kappa shape index (κ1) is 33.8. The van der Waals surface area contributed by atoms with Crippen LogP contribution >= 0.6 is 23.1 Å². The molecule has 0 spiro atoms. The van der Waals surface area contributed by atoms with E-state index in [2.05, 4.69) is 15.0 Å². The van der Waals surface area contributed by atoms with Crippen LogP contribution in [-0.2, 0) is 14.8 Å². The van der Waals surface area contributed by atoms with Crippen LogP contribution in [0.15, 0.2) is 38.2 Å². The van der Waals surface area contributed by atoms with Gasteiger partial charge in [-0.15, -0.1) is 23.1 Å². The topological polar surface area (TPSA) is 110 Å². The second-order valence-electron chi connectivity index (χ2n) is 9.60. The second-order valence-corrected chi connectivity index (χ2v) is 13.9. The summed E-state index contributed by atoms with van der Waals surface area (Å²) in [7, 11) is -4.23. The molecule has 2 heterocycles. The molecule has 0 atom stereocenters. The first-order valence-electron chi connectivity index (χ1n) is 13.1. The van der Waals surface area contributed by atoms with E-state index in [4.69, 9.17) is 0 Å². The lowest BCUT2D eigenvalue weighted by Crippen LogP contribution is -2.36. The van der Waals surface area contributed by atoms with Gasteiger partial charge in [0.15, 0.2) is 5.82 Å². The second kappa shape index (κ2) is 13.7. The molecule has 1 aromatic rings. The van der Waals surface area contributed by atoms with E-state index in [1.54, 1.807) is 13.8 Å². The number of unbranched alkanes of at least 4 members (excludes halogenated alkanes) is 3. The monoisotopic (exact) mass is 654 g/mol. The maximum absolute atomic E-state index is 13.2. The summed E-state index contributed by atoms with van der Waals surface area (Å²) in [5.41, 5.74) is 0.373. The minimum Gasteiger partial charge on any atom is -0.326 e. The zero-order valence-electron chi connectivity index (χ0n) is 23.1. The Morgan fingerprint density at radius 2 is 1.71 bits per heavy atom. The predicted octanol–water partition coefficient (Wildman–Crippen LogP) is 7.13. The molecule has 0 radical (unpaired) electrons. The summed E-state index contributed by atoms with van der Waals surface area (Å²) >= 11 is 2.34. The summed E-state index contributed by atoms with van der Waals surface area (Å²) < 4.78 is 94.1. The number of halogens is 5. The molecule has 0 fully saturated rings. The highest BCUT2D eigenvalue weighted by atomic mass is 32.2. The first-order chi connectivity index (χ1) is 19.6. The SMILES string of the molecule is CCCCCC(=O)Nc1ccc(S(=O)(=O)Nc2nc(=O)n3c(C)c(C)sc(SCCCCC(F)(F)C(F)(F)F)c2-3)cc1. The number of fused-ring (bicyclic) bond motifs is 1. The molecule has 2 aliphatic rings. The third kappa shape index (κ3) is 8.22. The van der Waals surface area contributed by atoms with Crippen molar-refractivity contribution >= 4 is 50.5 Å². The van der Waals surface area contributed by atoms with Crippen molar-refractivity contribution < 1.29 is 35.2 Å². The maximum Gasteiger partial charge on any atom is 0.453 e. The Morgan fingerprint density at radius 3 is 2.33 bits per heavy atom. The summed E-state index contributed by atoms with van der Waals surface area (Å²) in [6, 6.07) is 5.47. The van der Waals surface area contributed by atoms with Gasteiger partial charge >= 0.3 is 17.8 Å². The lowest BCUT2D eigenvalue weighted by molar-refractivity contribution is -0.284. The molecule has 0 bridgehead atoms. The van der Waals surface area contributed by atoms with Crippen molar-refractivity contribution in [3.8, 4) is 5.69 Å². The molecule has 0 saturated heterocycles. The molecule has 42 heavy (non-hydrogen) atoms. The van der Waals surface area contributed by atoms with Crippen molar-refractivity contribution in [2.24, 2.45) is 0 Å². The van der Waals surface area contributed by atoms with E-state index in [1.807, 2.05) is 6.92 Å². The number of sulfonamides is 1. The van der Waals surface area contributed by atoms with Crippen LogP contribution in [0.3, 0.4) is 0 Å². The van der Waals surface area contributed by atoms with E-state index in [0.29, 0.717) is 26.9 Å². The zero-order valence-corrected chi connectivity index (χ0v) is 25.6. The summed E-state index contributed by atoms with van der Waals surface area (Å²) in [5.74, 6) is -5.05. The van der Waals surface area contributed by atoms with E-state index in [0.717, 1.165) is 31.0 Å². The number of imidazole rings is 1. The number of nitrogens with zero attached hydrogens (tertiary/aromatic N) is 2. The van der Waals surface area contributed by atoms with Gasteiger partial charge in [-0.2, -0.15) is 26.9 Å². The number of nitrogens with one attached hydrogen (secondary N) is 2. The number of carbonyl (C=O) groups is 1. The molecule has 0 saturated carbocycles. The van der Waals surface area contributed by atoms with Gasteiger partial charge in [0.25, 0.3) is 10.0 Å². The fraction of sp³-hybridized carbons (Fsp3) is 0.500. The van der Waals surface area contributed by atoms with E-state index in [1.165, 1.54) is 40.2 Å². The highest BCUT2D eigenvalue weighted by Crippen LogP contribution is 2.41. The highest BCUT2D eigenvalue weighted by molar-refractivity contribution is 8.01. The standard InChI is InChI=1S/C26H31F5N4O4S3/c1-4-5-6-9-20(36)32-18-10-12-19(13-11-18)42(38,39)34-22-21-23(41-17(3)16(2)35(21)24(37)33-22)40-15-8-7-14-25(27,28)26(29,30)31/h10-13H,4-9,14-15H2,1-3H3,(H,32,36)(H,33,34,37). The van der Waals surface area contributed by atoms with Crippen molar-refractivity contribution in [2.75, 3.05) is 15.8 Å². The Bertz CT molecular complexity index is 1520. The molecule has 0 aliphatic carbocycles. The van der Waals surface area contributed by atoms with Crippen molar-refractivity contribution in [3.63, 3.8) is 0 Å². The van der Waals surface area contributed by atoms with E-state index < -0.39 is 34.2 Å². The molecular formula is C26H31F5N4O4S3. The van der Waals surface area contributed by atoms with Gasteiger partial charge in [-0.1, -0.05) is 19.8 Å². The number of aryl methyl sites for hydroxylation is 1. The van der Waals surface area contributed by atoms with Gasteiger partial charge in [0, 0.05) is 29.1 Å². The Kier molecular flexibility index (Phi) is 11.0. The average molecular weight is 655 g/mol. The van der Waals surface area contributed by atoms with E-state index in [-0.39, 0.29) is 40.9 Å². The van der Waals surface area contributed by atoms with Gasteiger partial charge in [0.05, 0.1) is 9.10 Å². The van der Waals surface area contributed by atoms with E-state index in [9.17, 15) is 40.0 Å². The maximum atomic E-state index is 13.2. The number of aromatic nitrogens is 2. The van der Waals surface area contributed by atoms with Gasteiger partial charge in [-0.3, -0.25) is 14.1 Å². The number of alkyl halides is 5. The molecule has 2 N–H and O–H groups in total. The van der Waals surface area contributed by atoms with Gasteiger partial charge < -0.3 is 5.32 Å². The molecule has 8 nitrogen and oxygen atoms in total. The number of amides is 1. The van der Waals surface area contributed by atoms with Crippen molar-refractivity contribution in [2.45, 2.75) is 86.9 Å². The number of hydrogen-bond donors (Lipinski definition) is 2. The fourth-order valence-electron chi connectivity index (χ4n) is 3.91. The molecule has 0 unspecified atom stereocenters. The van der Waals surface area contributed by atoms with Crippen LogP contribution < -0.4 is 15.7 Å². The predicted molar refractivity (Wildman–Crippen MR) is 154 cm³/mol. The summed E-state index contributed by atoms with van der Waals surface area (Å²) in [5, 5.41) is 2.71. The Labute approximate surface area is 248 Å². The van der Waals surface area contributed by atoms with Gasteiger partial charge in [0.1, 0.15) is 5.69 Å². The zero-order chi connectivity index (χ0) is 31.3. The Hall–Kier alpha value is -2.72. The largest absolute Gasteiger partial charge is 0.453 e. The molecular weight excluding hydrogens is 624 g/mol. The summed E-state index contributed by atoms with van der Waals surface area (Å²) in [6.45, 7) is 5.42. The van der Waals surface area contributed by atoms with Gasteiger partial charge in [-0.05, 0) is 63.1 Å². The van der Waals surface area contributed by atoms with Crippen molar-refractivity contribution in [3.05, 3.63) is 45.3 Å². The number of anilines is 2. The smallest absolute Gasteiger partial charge is 0.326 e. The minimum absolute atomic E-state index is 0.0308. The molecule has 0 aromatic heterocycles. The third-order valence-corrected chi connectivity index (χ3v) is 10.2. The molecule has 2 aliphatic heterocycles. The average Bonchev–Trinajstić information content (AvgIpc) is 3.21. The first-order valence-corrected chi connectivity index (χ1v) is 16.4. The van der Waals surface area contributed by atoms with Crippen LogP contribution in [0.25, 0.3) is 5.69 Å². The van der Waals surface area contributed by atoms with E-state index >= 15 is 0 Å². The number of hydrogen-bond acceptors (Lipinski definition) is 7. The Balaban J connectivity index is 1.78. The molecule has 232 valence electrons. The van der Waals surface area contributed by atoms with Crippen molar-refractivity contribution in [1.29, 1.82) is 0 Å². The van der Waals surface area contributed by atoms with Crippen LogP contribution in [0.4, 0.5) is 33.5 Å². The highest BCUT2D eigenvalue weighted by Gasteiger charge is 2.56. The minimum atomic E-state index is -5.61. The molecule has 3 rings (SSSR count). The van der Waals surface area contributed by atoms with Crippen LogP contribution in [-0.4, -0.2) is 41.7 Å². The number of rotatable bonds is 14. The quantitative estimate of drug-likeness (QED) is 0.109. The third-order valence-electron chi connectivity index (χ3n) is 6.35. The lowest BCUT2D eigenvalue weighted by Gasteiger charge is -2.19. The molecule has 16 heteroatoms. The number of benzene rings is 1. The summed E-state index contributed by atoms with van der Waals surface area (Å²) in [4.78, 5) is 29.3. The fourth-order valence-corrected chi connectivity index (χ4v) is 7.44. The van der Waals surface area contributed by atoms with Gasteiger partial charge in [0.2, 0.25) is 5.91 Å². The van der Waals surface area contributed by atoms with Crippen LogP contribution in [0.2, 0.25) is 0 Å². The molecule has 1 amide bonds. The van der Waals surface area contributed by atoms with Crippen LogP contribution in [0.1, 0.15) is 62.4 Å². The normalized spacial score (nSPS) is 12.6. The van der Waals surface area contributed by atoms with Crippen molar-refractivity contribution in [1.82, 2.24) is 9.55 Å². The molecule has 1 aromatic carbocycles. The van der Waals surface area contributed by atoms with Crippen LogP contribution in [0, 0.1) is 13.8 Å². The Morgan fingerprint density at radius 1 is 1.05 bits per heavy atom. The van der Waals surface area contributed by atoms with Crippen LogP contribution in [0.5, 0.6) is 0 Å². The number of carbonyl (C=O) groups excluding carboxylic acids is 1. The summed E-state index contributed by atoms with van der Waals surface area (Å²) in [6.07, 6.45) is -4.32.